The first kappa shape index (κ1) is 13.4. The van der Waals surface area contributed by atoms with Crippen LogP contribution in [0.25, 0.3) is 0 Å². The van der Waals surface area contributed by atoms with Crippen molar-refractivity contribution in [2.75, 3.05) is 26.2 Å². The third kappa shape index (κ3) is 4.58. The number of rotatable bonds is 7. The minimum atomic E-state index is -0.0709. The van der Waals surface area contributed by atoms with Crippen LogP contribution in [0.3, 0.4) is 0 Å². The van der Waals surface area contributed by atoms with E-state index in [4.69, 9.17) is 5.73 Å². The monoisotopic (exact) mass is 201 g/mol. The number of hydrogen-bond acceptors (Lipinski definition) is 3. The number of carbonyl (C=O) groups excluding carboxylic acids is 1. The summed E-state index contributed by atoms with van der Waals surface area (Å²) < 4.78 is 0. The van der Waals surface area contributed by atoms with Gasteiger partial charge in [0, 0.05) is 19.6 Å². The van der Waals surface area contributed by atoms with E-state index in [0.29, 0.717) is 13.1 Å². The maximum absolute atomic E-state index is 11.5. The van der Waals surface area contributed by atoms with Gasteiger partial charge in [-0.1, -0.05) is 6.92 Å². The summed E-state index contributed by atoms with van der Waals surface area (Å²) in [5, 5.41) is 2.82. The molecule has 0 spiro atoms. The zero-order chi connectivity index (χ0) is 11.0. The first-order valence-electron chi connectivity index (χ1n) is 5.39. The molecule has 1 atom stereocenters. The molecule has 0 heterocycles. The highest BCUT2D eigenvalue weighted by Crippen LogP contribution is 1.99. The molecule has 0 aromatic carbocycles. The van der Waals surface area contributed by atoms with Crippen molar-refractivity contribution in [3.05, 3.63) is 0 Å². The molecule has 4 heteroatoms. The molecule has 0 bridgehead atoms. The van der Waals surface area contributed by atoms with Crippen LogP contribution in [-0.4, -0.2) is 43.0 Å². The van der Waals surface area contributed by atoms with Gasteiger partial charge in [-0.2, -0.15) is 0 Å². The summed E-state index contributed by atoms with van der Waals surface area (Å²) in [4.78, 5) is 13.7. The van der Waals surface area contributed by atoms with Crippen LogP contribution in [0.5, 0.6) is 0 Å². The Morgan fingerprint density at radius 2 is 2.07 bits per heavy atom. The van der Waals surface area contributed by atoms with Crippen molar-refractivity contribution in [1.29, 1.82) is 0 Å². The second-order valence-electron chi connectivity index (χ2n) is 3.40. The van der Waals surface area contributed by atoms with Gasteiger partial charge in [0.1, 0.15) is 0 Å². The number of nitrogens with one attached hydrogen (secondary N) is 1. The Morgan fingerprint density at radius 1 is 1.43 bits per heavy atom. The summed E-state index contributed by atoms with van der Waals surface area (Å²) in [5.41, 5.74) is 5.50. The predicted molar refractivity (Wildman–Crippen MR) is 59.1 cm³/mol. The highest BCUT2D eigenvalue weighted by molar-refractivity contribution is 5.81. The Labute approximate surface area is 86.8 Å². The Bertz CT molecular complexity index is 155. The fraction of sp³-hybridized carbons (Fsp3) is 0.900. The summed E-state index contributed by atoms with van der Waals surface area (Å²) in [5.74, 6) is 0.0920. The van der Waals surface area contributed by atoms with Crippen LogP contribution in [-0.2, 0) is 4.79 Å². The fourth-order valence-corrected chi connectivity index (χ4v) is 1.44. The summed E-state index contributed by atoms with van der Waals surface area (Å²) >= 11 is 0. The first-order valence-corrected chi connectivity index (χ1v) is 5.39. The minimum Gasteiger partial charge on any atom is -0.355 e. The summed E-state index contributed by atoms with van der Waals surface area (Å²) in [6, 6.07) is -0.0709. The summed E-state index contributed by atoms with van der Waals surface area (Å²) in [6.45, 7) is 8.96. The van der Waals surface area contributed by atoms with Crippen molar-refractivity contribution in [3.63, 3.8) is 0 Å². The Balaban J connectivity index is 4.11. The lowest BCUT2D eigenvalue weighted by Crippen LogP contribution is -2.47. The third-order valence-corrected chi connectivity index (χ3v) is 2.21. The van der Waals surface area contributed by atoms with E-state index >= 15 is 0 Å². The zero-order valence-corrected chi connectivity index (χ0v) is 9.55. The highest BCUT2D eigenvalue weighted by Gasteiger charge is 2.18. The lowest BCUT2D eigenvalue weighted by Gasteiger charge is -2.27. The van der Waals surface area contributed by atoms with Gasteiger partial charge in [-0.05, 0) is 26.8 Å². The second kappa shape index (κ2) is 7.76. The second-order valence-corrected chi connectivity index (χ2v) is 3.40. The molecule has 1 unspecified atom stereocenters. The van der Waals surface area contributed by atoms with Gasteiger partial charge in [0.2, 0.25) is 5.91 Å². The Morgan fingerprint density at radius 3 is 2.50 bits per heavy atom. The van der Waals surface area contributed by atoms with Gasteiger partial charge in [-0.25, -0.2) is 0 Å². The van der Waals surface area contributed by atoms with Gasteiger partial charge >= 0.3 is 0 Å². The molecule has 14 heavy (non-hydrogen) atoms. The smallest absolute Gasteiger partial charge is 0.237 e. The Kier molecular flexibility index (Phi) is 7.42. The van der Waals surface area contributed by atoms with E-state index in [0.717, 1.165) is 19.5 Å². The molecule has 0 fully saturated rings. The van der Waals surface area contributed by atoms with Crippen molar-refractivity contribution in [3.8, 4) is 0 Å². The van der Waals surface area contributed by atoms with Crippen LogP contribution in [0.2, 0.25) is 0 Å². The van der Waals surface area contributed by atoms with Gasteiger partial charge < -0.3 is 11.1 Å². The molecule has 0 aromatic heterocycles. The van der Waals surface area contributed by atoms with Crippen molar-refractivity contribution >= 4 is 5.91 Å². The van der Waals surface area contributed by atoms with Crippen LogP contribution < -0.4 is 11.1 Å². The quantitative estimate of drug-likeness (QED) is 0.618. The summed E-state index contributed by atoms with van der Waals surface area (Å²) in [6.07, 6.45) is 1.05. The molecule has 4 nitrogen and oxygen atoms in total. The molecule has 0 rings (SSSR count). The van der Waals surface area contributed by atoms with Crippen molar-refractivity contribution in [1.82, 2.24) is 10.2 Å². The van der Waals surface area contributed by atoms with Crippen LogP contribution in [0.4, 0.5) is 0 Å². The molecule has 0 radical (unpaired) electrons. The lowest BCUT2D eigenvalue weighted by molar-refractivity contribution is -0.125. The van der Waals surface area contributed by atoms with E-state index in [1.165, 1.54) is 0 Å². The maximum Gasteiger partial charge on any atom is 0.237 e. The molecule has 0 aliphatic carbocycles. The average molecular weight is 201 g/mol. The largest absolute Gasteiger partial charge is 0.355 e. The maximum atomic E-state index is 11.5. The molecule has 0 saturated carbocycles. The highest BCUT2D eigenvalue weighted by atomic mass is 16.2. The van der Waals surface area contributed by atoms with E-state index in [-0.39, 0.29) is 11.9 Å². The van der Waals surface area contributed by atoms with Crippen LogP contribution >= 0.6 is 0 Å². The van der Waals surface area contributed by atoms with Gasteiger partial charge in [0.05, 0.1) is 6.04 Å². The molecular weight excluding hydrogens is 178 g/mol. The molecular formula is C10H23N3O. The molecule has 3 N–H and O–H groups in total. The number of nitrogens with two attached hydrogens (primary N) is 1. The molecule has 0 aliphatic rings. The van der Waals surface area contributed by atoms with Gasteiger partial charge in [-0.3, -0.25) is 9.69 Å². The lowest BCUT2D eigenvalue weighted by atomic mass is 10.2. The summed E-state index contributed by atoms with van der Waals surface area (Å²) in [7, 11) is 0. The number of amides is 1. The number of hydrogen-bond donors (Lipinski definition) is 2. The number of carbonyl (C=O) groups is 1. The molecule has 0 aromatic rings. The predicted octanol–water partition coefficient (Wildman–Crippen LogP) is 0.182. The van der Waals surface area contributed by atoms with Crippen molar-refractivity contribution in [2.24, 2.45) is 5.73 Å². The Hall–Kier alpha value is -0.610. The molecule has 1 amide bonds. The zero-order valence-electron chi connectivity index (χ0n) is 9.55. The van der Waals surface area contributed by atoms with E-state index in [1.54, 1.807) is 0 Å². The first-order chi connectivity index (χ1) is 6.67. The SMILES string of the molecule is CCCN(CCN)C(C)C(=O)NCC. The number of likely N-dealkylation sites (N-methyl/N-ethyl adjacent to an activating group) is 1. The molecule has 0 aliphatic heterocycles. The van der Waals surface area contributed by atoms with E-state index in [1.807, 2.05) is 13.8 Å². The van der Waals surface area contributed by atoms with Crippen LogP contribution in [0, 0.1) is 0 Å². The normalized spacial score (nSPS) is 12.9. The van der Waals surface area contributed by atoms with Gasteiger partial charge in [0.15, 0.2) is 0 Å². The third-order valence-electron chi connectivity index (χ3n) is 2.21. The van der Waals surface area contributed by atoms with Crippen molar-refractivity contribution in [2.45, 2.75) is 33.2 Å². The average Bonchev–Trinajstić information content (AvgIpc) is 2.17. The molecule has 84 valence electrons. The minimum absolute atomic E-state index is 0.0709. The van der Waals surface area contributed by atoms with Crippen LogP contribution in [0.1, 0.15) is 27.2 Å². The van der Waals surface area contributed by atoms with Crippen molar-refractivity contribution < 1.29 is 4.79 Å². The van der Waals surface area contributed by atoms with E-state index < -0.39 is 0 Å². The molecule has 0 saturated heterocycles. The van der Waals surface area contributed by atoms with E-state index in [9.17, 15) is 4.79 Å². The van der Waals surface area contributed by atoms with Crippen LogP contribution in [0.15, 0.2) is 0 Å². The van der Waals surface area contributed by atoms with Gasteiger partial charge in [0.25, 0.3) is 0 Å². The number of nitrogens with zero attached hydrogens (tertiary/aromatic N) is 1. The topological polar surface area (TPSA) is 58.4 Å². The standard InChI is InChI=1S/C10H23N3O/c1-4-7-13(8-6-11)9(3)10(14)12-5-2/h9H,4-8,11H2,1-3H3,(H,12,14). The van der Waals surface area contributed by atoms with E-state index in [2.05, 4.69) is 17.1 Å². The fourth-order valence-electron chi connectivity index (χ4n) is 1.44. The van der Waals surface area contributed by atoms with Gasteiger partial charge in [-0.15, -0.1) is 0 Å².